The van der Waals surface area contributed by atoms with E-state index in [-0.39, 0.29) is 11.8 Å². The second-order valence-corrected chi connectivity index (χ2v) is 5.80. The second-order valence-electron chi connectivity index (χ2n) is 3.87. The lowest BCUT2D eigenvalue weighted by Gasteiger charge is -2.12. The van der Waals surface area contributed by atoms with Gasteiger partial charge in [0.25, 0.3) is 0 Å². The monoisotopic (exact) mass is 249 g/mol. The highest BCUT2D eigenvalue weighted by Gasteiger charge is 2.22. The lowest BCUT2D eigenvalue weighted by atomic mass is 10.1. The number of hydrogen-bond acceptors (Lipinski definition) is 5. The molecule has 2 rings (SSSR count). The van der Waals surface area contributed by atoms with Gasteiger partial charge in [0.1, 0.15) is 11.9 Å². The van der Waals surface area contributed by atoms with Crippen LogP contribution in [0.3, 0.4) is 0 Å². The van der Waals surface area contributed by atoms with Crippen molar-refractivity contribution in [1.29, 1.82) is 5.26 Å². The van der Waals surface area contributed by atoms with Crippen LogP contribution in [0, 0.1) is 18.3 Å². The summed E-state index contributed by atoms with van der Waals surface area (Å²) in [4.78, 5) is 4.06. The minimum Gasteiger partial charge on any atom is -0.362 e. The van der Waals surface area contributed by atoms with Crippen LogP contribution in [0.15, 0.2) is 23.7 Å². The second kappa shape index (κ2) is 4.18. The summed E-state index contributed by atoms with van der Waals surface area (Å²) in [5, 5.41) is 13.2. The van der Waals surface area contributed by atoms with Crippen molar-refractivity contribution in [2.45, 2.75) is 13.0 Å². The molecule has 1 aromatic heterocycles. The number of rotatable bonds is 2. The lowest BCUT2D eigenvalue weighted by molar-refractivity contribution is 0.605. The molecule has 2 heterocycles. The molecular weight excluding hydrogens is 238 g/mol. The number of nitrogens with zero attached hydrogens (tertiary/aromatic N) is 2. The van der Waals surface area contributed by atoms with Crippen LogP contribution in [-0.2, 0) is 9.84 Å². The molecule has 1 aliphatic heterocycles. The van der Waals surface area contributed by atoms with E-state index in [9.17, 15) is 8.42 Å². The predicted molar refractivity (Wildman–Crippen MR) is 64.0 cm³/mol. The van der Waals surface area contributed by atoms with Gasteiger partial charge in [0.2, 0.25) is 0 Å². The first kappa shape index (κ1) is 11.6. The van der Waals surface area contributed by atoms with Crippen LogP contribution in [0.2, 0.25) is 0 Å². The molecule has 0 aliphatic carbocycles. The SMILES string of the molecule is Cc1ccnc(NC2C=CS(=O)(=O)C2)c1C#N. The molecule has 0 fully saturated rings. The molecule has 0 radical (unpaired) electrons. The summed E-state index contributed by atoms with van der Waals surface area (Å²) in [5.41, 5.74) is 1.26. The number of pyridine rings is 1. The highest BCUT2D eigenvalue weighted by atomic mass is 32.2. The molecule has 0 amide bonds. The van der Waals surface area contributed by atoms with Crippen LogP contribution in [0.4, 0.5) is 5.82 Å². The summed E-state index contributed by atoms with van der Waals surface area (Å²) in [6.45, 7) is 1.81. The maximum absolute atomic E-state index is 11.2. The summed E-state index contributed by atoms with van der Waals surface area (Å²) >= 11 is 0. The third-order valence-electron chi connectivity index (χ3n) is 2.52. The Morgan fingerprint density at radius 2 is 2.35 bits per heavy atom. The van der Waals surface area contributed by atoms with Gasteiger partial charge >= 0.3 is 0 Å². The number of aryl methyl sites for hydroxylation is 1. The molecule has 1 atom stereocenters. The first-order chi connectivity index (χ1) is 8.02. The van der Waals surface area contributed by atoms with Crippen LogP contribution in [0.5, 0.6) is 0 Å². The molecule has 1 N–H and O–H groups in total. The molecule has 0 bridgehead atoms. The molecule has 88 valence electrons. The van der Waals surface area contributed by atoms with Gasteiger partial charge in [0, 0.05) is 11.6 Å². The van der Waals surface area contributed by atoms with Gasteiger partial charge in [-0.3, -0.25) is 0 Å². The lowest BCUT2D eigenvalue weighted by Crippen LogP contribution is -2.22. The quantitative estimate of drug-likeness (QED) is 0.845. The van der Waals surface area contributed by atoms with Crippen molar-refractivity contribution in [3.8, 4) is 6.07 Å². The highest BCUT2D eigenvalue weighted by Crippen LogP contribution is 2.19. The van der Waals surface area contributed by atoms with Gasteiger partial charge in [0.15, 0.2) is 9.84 Å². The van der Waals surface area contributed by atoms with Crippen molar-refractivity contribution in [1.82, 2.24) is 4.98 Å². The van der Waals surface area contributed by atoms with E-state index in [1.807, 2.05) is 6.92 Å². The van der Waals surface area contributed by atoms with Gasteiger partial charge in [-0.1, -0.05) is 0 Å². The minimum absolute atomic E-state index is 0.00743. The van der Waals surface area contributed by atoms with Crippen molar-refractivity contribution in [2.24, 2.45) is 0 Å². The summed E-state index contributed by atoms with van der Waals surface area (Å²) in [6, 6.07) is 3.48. The Morgan fingerprint density at radius 1 is 1.59 bits per heavy atom. The molecule has 5 nitrogen and oxygen atoms in total. The molecule has 0 saturated carbocycles. The minimum atomic E-state index is -3.10. The number of nitriles is 1. The molecular formula is C11H11N3O2S. The summed E-state index contributed by atoms with van der Waals surface area (Å²) in [6.07, 6.45) is 3.16. The number of sulfone groups is 1. The highest BCUT2D eigenvalue weighted by molar-refractivity contribution is 7.94. The van der Waals surface area contributed by atoms with Gasteiger partial charge in [-0.25, -0.2) is 13.4 Å². The van der Waals surface area contributed by atoms with Crippen LogP contribution in [0.25, 0.3) is 0 Å². The van der Waals surface area contributed by atoms with E-state index in [0.29, 0.717) is 11.4 Å². The third kappa shape index (κ3) is 2.45. The van der Waals surface area contributed by atoms with Crippen molar-refractivity contribution in [3.63, 3.8) is 0 Å². The molecule has 1 aromatic rings. The number of aromatic nitrogens is 1. The zero-order chi connectivity index (χ0) is 12.5. The zero-order valence-corrected chi connectivity index (χ0v) is 10.0. The molecule has 0 spiro atoms. The maximum atomic E-state index is 11.2. The van der Waals surface area contributed by atoms with Crippen LogP contribution in [-0.4, -0.2) is 25.2 Å². The van der Waals surface area contributed by atoms with E-state index in [1.54, 1.807) is 18.3 Å². The molecule has 0 saturated heterocycles. The van der Waals surface area contributed by atoms with Gasteiger partial charge in [-0.05, 0) is 24.6 Å². The van der Waals surface area contributed by atoms with E-state index in [4.69, 9.17) is 5.26 Å². The van der Waals surface area contributed by atoms with E-state index < -0.39 is 9.84 Å². The number of anilines is 1. The van der Waals surface area contributed by atoms with E-state index in [0.717, 1.165) is 5.56 Å². The molecule has 6 heteroatoms. The Labute approximate surface area is 99.7 Å². The van der Waals surface area contributed by atoms with E-state index in [1.165, 1.54) is 5.41 Å². The fourth-order valence-electron chi connectivity index (χ4n) is 1.65. The van der Waals surface area contributed by atoms with E-state index >= 15 is 0 Å². The Hall–Kier alpha value is -1.87. The normalized spacial score (nSPS) is 21.1. The van der Waals surface area contributed by atoms with Crippen LogP contribution in [0.1, 0.15) is 11.1 Å². The van der Waals surface area contributed by atoms with Crippen molar-refractivity contribution < 1.29 is 8.42 Å². The fourth-order valence-corrected chi connectivity index (χ4v) is 2.89. The van der Waals surface area contributed by atoms with Crippen LogP contribution >= 0.6 is 0 Å². The summed E-state index contributed by atoms with van der Waals surface area (Å²) < 4.78 is 22.5. The summed E-state index contributed by atoms with van der Waals surface area (Å²) in [7, 11) is -3.10. The number of nitrogens with one attached hydrogen (secondary N) is 1. The smallest absolute Gasteiger partial charge is 0.173 e. The Morgan fingerprint density at radius 3 is 2.94 bits per heavy atom. The van der Waals surface area contributed by atoms with Crippen LogP contribution < -0.4 is 5.32 Å². The topological polar surface area (TPSA) is 82.8 Å². The largest absolute Gasteiger partial charge is 0.362 e. The summed E-state index contributed by atoms with van der Waals surface area (Å²) in [5.74, 6) is 0.437. The maximum Gasteiger partial charge on any atom is 0.173 e. The van der Waals surface area contributed by atoms with Crippen molar-refractivity contribution >= 4 is 15.7 Å². The average Bonchev–Trinajstić information content (AvgIpc) is 2.58. The Balaban J connectivity index is 2.24. The Bertz CT molecular complexity index is 614. The predicted octanol–water partition coefficient (Wildman–Crippen LogP) is 0.984. The zero-order valence-electron chi connectivity index (χ0n) is 9.21. The van der Waals surface area contributed by atoms with Gasteiger partial charge < -0.3 is 5.32 Å². The van der Waals surface area contributed by atoms with Gasteiger partial charge in [0.05, 0.1) is 17.4 Å². The molecule has 1 unspecified atom stereocenters. The average molecular weight is 249 g/mol. The fraction of sp³-hybridized carbons (Fsp3) is 0.273. The molecule has 1 aliphatic rings. The number of hydrogen-bond donors (Lipinski definition) is 1. The van der Waals surface area contributed by atoms with Crippen molar-refractivity contribution in [3.05, 3.63) is 34.9 Å². The molecule has 17 heavy (non-hydrogen) atoms. The standard InChI is InChI=1S/C11H11N3O2S/c1-8-2-4-13-11(10(8)6-12)14-9-3-5-17(15,16)7-9/h2-5,9H,7H2,1H3,(H,13,14). The van der Waals surface area contributed by atoms with Gasteiger partial charge in [-0.2, -0.15) is 5.26 Å². The Kier molecular flexibility index (Phi) is 2.86. The third-order valence-corrected chi connectivity index (χ3v) is 3.92. The van der Waals surface area contributed by atoms with Crippen molar-refractivity contribution in [2.75, 3.05) is 11.1 Å². The molecule has 0 aromatic carbocycles. The first-order valence-corrected chi connectivity index (χ1v) is 6.76. The van der Waals surface area contributed by atoms with Gasteiger partial charge in [-0.15, -0.1) is 0 Å². The first-order valence-electron chi connectivity index (χ1n) is 5.05. The van der Waals surface area contributed by atoms with E-state index in [2.05, 4.69) is 16.4 Å².